The lowest BCUT2D eigenvalue weighted by Gasteiger charge is -2.07. The van der Waals surface area contributed by atoms with E-state index in [1.165, 1.54) is 40.5 Å². The molecule has 24 heavy (non-hydrogen) atoms. The van der Waals surface area contributed by atoms with Gasteiger partial charge in [0, 0.05) is 9.81 Å². The third kappa shape index (κ3) is 3.38. The highest BCUT2D eigenvalue weighted by molar-refractivity contribution is 8.37. The van der Waals surface area contributed by atoms with Crippen molar-refractivity contribution in [2.75, 3.05) is 0 Å². The number of rotatable bonds is 2. The van der Waals surface area contributed by atoms with Gasteiger partial charge in [0.25, 0.3) is 0 Å². The summed E-state index contributed by atoms with van der Waals surface area (Å²) >= 11 is 7.49. The van der Waals surface area contributed by atoms with E-state index in [1.54, 1.807) is 0 Å². The van der Waals surface area contributed by atoms with E-state index in [-0.39, 0.29) is 0 Å². The first-order valence-corrected chi connectivity index (χ1v) is 11.1. The standard InChI is InChI=1S/C20H16S4/c1-13-3-7-15(8-4-13)17-18(16-9-5-14(2)6-10-16)24-20(23-17)19-21-11-12-22-19/h3-12H,1-2H3. The molecule has 0 amide bonds. The highest BCUT2D eigenvalue weighted by Crippen LogP contribution is 2.61. The van der Waals surface area contributed by atoms with Gasteiger partial charge < -0.3 is 0 Å². The summed E-state index contributed by atoms with van der Waals surface area (Å²) in [6.07, 6.45) is 0. The Kier molecular flexibility index (Phi) is 4.90. The van der Waals surface area contributed by atoms with Crippen LogP contribution < -0.4 is 0 Å². The van der Waals surface area contributed by atoms with Crippen molar-refractivity contribution in [3.63, 3.8) is 0 Å². The van der Waals surface area contributed by atoms with Crippen molar-refractivity contribution in [3.05, 3.63) is 90.1 Å². The number of hydrogen-bond donors (Lipinski definition) is 0. The molecule has 0 bridgehead atoms. The van der Waals surface area contributed by atoms with Crippen molar-refractivity contribution < 1.29 is 0 Å². The lowest BCUT2D eigenvalue weighted by molar-refractivity contribution is 1.46. The van der Waals surface area contributed by atoms with E-state index < -0.39 is 0 Å². The zero-order valence-electron chi connectivity index (χ0n) is 13.4. The Morgan fingerprint density at radius 1 is 0.542 bits per heavy atom. The third-order valence-electron chi connectivity index (χ3n) is 3.80. The second-order valence-corrected chi connectivity index (χ2v) is 10.1. The third-order valence-corrected chi connectivity index (χ3v) is 9.14. The number of hydrogen-bond acceptors (Lipinski definition) is 4. The van der Waals surface area contributed by atoms with Crippen molar-refractivity contribution in [1.82, 2.24) is 0 Å². The van der Waals surface area contributed by atoms with Gasteiger partial charge in [-0.25, -0.2) is 0 Å². The van der Waals surface area contributed by atoms with Gasteiger partial charge in [-0.1, -0.05) is 107 Å². The summed E-state index contributed by atoms with van der Waals surface area (Å²) in [5, 5.41) is 4.34. The first kappa shape index (κ1) is 16.5. The average molecular weight is 385 g/mol. The fourth-order valence-electron chi connectivity index (χ4n) is 2.48. The van der Waals surface area contributed by atoms with Gasteiger partial charge in [0.15, 0.2) is 0 Å². The Morgan fingerprint density at radius 3 is 1.38 bits per heavy atom. The van der Waals surface area contributed by atoms with Crippen LogP contribution in [0, 0.1) is 13.8 Å². The van der Waals surface area contributed by atoms with E-state index >= 15 is 0 Å². The van der Waals surface area contributed by atoms with Crippen LogP contribution in [0.15, 0.2) is 67.8 Å². The lowest BCUT2D eigenvalue weighted by atomic mass is 10.1. The molecule has 0 fully saturated rings. The Hall–Kier alpha value is -0.940. The molecular weight excluding hydrogens is 368 g/mol. The molecule has 2 heterocycles. The van der Waals surface area contributed by atoms with Crippen LogP contribution >= 0.6 is 47.0 Å². The first-order chi connectivity index (χ1) is 11.7. The van der Waals surface area contributed by atoms with Crippen LogP contribution in [-0.2, 0) is 0 Å². The highest BCUT2D eigenvalue weighted by Gasteiger charge is 2.27. The van der Waals surface area contributed by atoms with Gasteiger partial charge in [-0.15, -0.1) is 0 Å². The molecule has 0 atom stereocenters. The van der Waals surface area contributed by atoms with Gasteiger partial charge in [0.05, 0.1) is 8.47 Å². The number of benzene rings is 2. The molecule has 0 saturated carbocycles. The Morgan fingerprint density at radius 2 is 0.958 bits per heavy atom. The molecule has 4 heteroatoms. The predicted molar refractivity (Wildman–Crippen MR) is 116 cm³/mol. The van der Waals surface area contributed by atoms with E-state index in [4.69, 9.17) is 0 Å². The van der Waals surface area contributed by atoms with Crippen molar-refractivity contribution in [3.8, 4) is 0 Å². The van der Waals surface area contributed by atoms with E-state index in [2.05, 4.69) is 73.2 Å². The van der Waals surface area contributed by atoms with Gasteiger partial charge in [0.1, 0.15) is 0 Å². The quantitative estimate of drug-likeness (QED) is 0.520. The minimum absolute atomic E-state index is 1.30. The molecule has 0 radical (unpaired) electrons. The average Bonchev–Trinajstić information content (AvgIpc) is 3.26. The molecule has 2 aromatic carbocycles. The van der Waals surface area contributed by atoms with Gasteiger partial charge in [-0.3, -0.25) is 0 Å². The Labute approximate surface area is 160 Å². The van der Waals surface area contributed by atoms with E-state index in [0.717, 1.165) is 0 Å². The van der Waals surface area contributed by atoms with Crippen molar-refractivity contribution in [2.24, 2.45) is 0 Å². The van der Waals surface area contributed by atoms with Gasteiger partial charge in [0.2, 0.25) is 0 Å². The predicted octanol–water partition coefficient (Wildman–Crippen LogP) is 7.69. The summed E-state index contributed by atoms with van der Waals surface area (Å²) in [6, 6.07) is 17.8. The van der Waals surface area contributed by atoms with Crippen LogP contribution in [0.4, 0.5) is 0 Å². The van der Waals surface area contributed by atoms with E-state index in [1.807, 2.05) is 47.0 Å². The summed E-state index contributed by atoms with van der Waals surface area (Å²) in [6.45, 7) is 4.28. The molecule has 0 saturated heterocycles. The summed E-state index contributed by atoms with van der Waals surface area (Å²) in [7, 11) is 0. The van der Waals surface area contributed by atoms with Crippen LogP contribution in [0.25, 0.3) is 9.81 Å². The van der Waals surface area contributed by atoms with E-state index in [9.17, 15) is 0 Å². The van der Waals surface area contributed by atoms with Crippen LogP contribution in [0.2, 0.25) is 0 Å². The number of thioether (sulfide) groups is 4. The topological polar surface area (TPSA) is 0 Å². The zero-order chi connectivity index (χ0) is 16.5. The monoisotopic (exact) mass is 384 g/mol. The van der Waals surface area contributed by atoms with Crippen LogP contribution in [-0.4, -0.2) is 0 Å². The Bertz CT molecular complexity index is 786. The molecule has 2 aliphatic heterocycles. The zero-order valence-corrected chi connectivity index (χ0v) is 16.7. The van der Waals surface area contributed by atoms with E-state index in [0.29, 0.717) is 0 Å². The number of aryl methyl sites for hydroxylation is 2. The smallest absolute Gasteiger partial charge is 0.0706 e. The molecule has 0 aliphatic carbocycles. The summed E-state index contributed by atoms with van der Waals surface area (Å²) in [5.41, 5.74) is 5.23. The minimum Gasteiger partial charge on any atom is -0.0884 e. The van der Waals surface area contributed by atoms with Crippen molar-refractivity contribution in [2.45, 2.75) is 13.8 Å². The minimum atomic E-state index is 1.30. The molecule has 0 aromatic heterocycles. The largest absolute Gasteiger partial charge is 0.0884 e. The molecule has 4 rings (SSSR count). The second-order valence-electron chi connectivity index (χ2n) is 5.68. The van der Waals surface area contributed by atoms with Gasteiger partial charge in [-0.2, -0.15) is 0 Å². The normalized spacial score (nSPS) is 17.2. The van der Waals surface area contributed by atoms with Gasteiger partial charge >= 0.3 is 0 Å². The first-order valence-electron chi connectivity index (χ1n) is 7.67. The maximum Gasteiger partial charge on any atom is 0.0706 e. The molecule has 0 unspecified atom stereocenters. The molecule has 2 aliphatic rings. The maximum atomic E-state index is 2.24. The van der Waals surface area contributed by atoms with Crippen LogP contribution in [0.5, 0.6) is 0 Å². The Balaban J connectivity index is 1.78. The fourth-order valence-corrected chi connectivity index (χ4v) is 7.38. The molecule has 0 nitrogen and oxygen atoms in total. The molecule has 120 valence electrons. The van der Waals surface area contributed by atoms with Crippen molar-refractivity contribution in [1.29, 1.82) is 0 Å². The van der Waals surface area contributed by atoms with Crippen LogP contribution in [0.1, 0.15) is 22.3 Å². The SMILES string of the molecule is Cc1ccc(C2=C(c3ccc(C)cc3)SC(=C3SC=CS3)S2)cc1. The fraction of sp³-hybridized carbons (Fsp3) is 0.100. The molecule has 0 spiro atoms. The van der Waals surface area contributed by atoms with Crippen LogP contribution in [0.3, 0.4) is 0 Å². The van der Waals surface area contributed by atoms with Gasteiger partial charge in [-0.05, 0) is 35.8 Å². The second kappa shape index (κ2) is 7.12. The summed E-state index contributed by atoms with van der Waals surface area (Å²) in [4.78, 5) is 2.75. The molecule has 2 aromatic rings. The lowest BCUT2D eigenvalue weighted by Crippen LogP contribution is -1.84. The molecule has 0 N–H and O–H groups in total. The summed E-state index contributed by atoms with van der Waals surface area (Å²) < 4.78 is 2.80. The maximum absolute atomic E-state index is 2.24. The summed E-state index contributed by atoms with van der Waals surface area (Å²) in [5.74, 6) is 0. The van der Waals surface area contributed by atoms with Crippen molar-refractivity contribution >= 4 is 56.9 Å². The highest BCUT2D eigenvalue weighted by atomic mass is 32.2. The molecular formula is C20H16S4.